The highest BCUT2D eigenvalue weighted by atomic mass is 16.5. The molecule has 1 heterocycles. The third-order valence-corrected chi connectivity index (χ3v) is 2.87. The first-order chi connectivity index (χ1) is 9.67. The Kier molecular flexibility index (Phi) is 4.49. The number of aliphatic hydroxyl groups excluding tert-OH is 2. The summed E-state index contributed by atoms with van der Waals surface area (Å²) in [5, 5.41) is 20.4. The van der Waals surface area contributed by atoms with E-state index in [1.54, 1.807) is 24.3 Å². The number of rotatable bonds is 5. The van der Waals surface area contributed by atoms with Gasteiger partial charge in [0.2, 0.25) is 11.8 Å². The summed E-state index contributed by atoms with van der Waals surface area (Å²) < 4.78 is 10.0. The van der Waals surface area contributed by atoms with Gasteiger partial charge in [-0.15, -0.1) is 0 Å². The number of benzene rings is 1. The van der Waals surface area contributed by atoms with Crippen LogP contribution in [0.3, 0.4) is 0 Å². The Morgan fingerprint density at radius 1 is 1.00 bits per heavy atom. The summed E-state index contributed by atoms with van der Waals surface area (Å²) in [5.41, 5.74) is 0.740. The molecule has 6 nitrogen and oxygen atoms in total. The molecule has 0 spiro atoms. The molecular formula is C14H16N2O4. The minimum atomic E-state index is -1.24. The van der Waals surface area contributed by atoms with E-state index in [0.717, 1.165) is 0 Å². The molecule has 0 fully saturated rings. The molecule has 0 aliphatic heterocycles. The number of nitrogens with zero attached hydrogens (tertiary/aromatic N) is 2. The summed E-state index contributed by atoms with van der Waals surface area (Å²) in [6.45, 7) is 0. The third kappa shape index (κ3) is 2.87. The Balaban J connectivity index is 2.31. The lowest BCUT2D eigenvalue weighted by molar-refractivity contribution is 0.0126. The third-order valence-electron chi connectivity index (χ3n) is 2.87. The van der Waals surface area contributed by atoms with Crippen LogP contribution in [0.25, 0.3) is 0 Å². The van der Waals surface area contributed by atoms with Crippen molar-refractivity contribution in [2.45, 2.75) is 12.2 Å². The highest BCUT2D eigenvalue weighted by molar-refractivity contribution is 5.28. The lowest BCUT2D eigenvalue weighted by Gasteiger charge is -2.19. The average molecular weight is 276 g/mol. The molecule has 0 saturated heterocycles. The summed E-state index contributed by atoms with van der Waals surface area (Å²) >= 11 is 0. The van der Waals surface area contributed by atoms with Crippen LogP contribution in [-0.2, 0) is 0 Å². The molecule has 2 N–H and O–H groups in total. The van der Waals surface area contributed by atoms with Gasteiger partial charge >= 0.3 is 0 Å². The first-order valence-corrected chi connectivity index (χ1v) is 6.03. The van der Waals surface area contributed by atoms with Crippen LogP contribution in [0, 0.1) is 0 Å². The van der Waals surface area contributed by atoms with Crippen LogP contribution in [0.2, 0.25) is 0 Å². The molecule has 0 aliphatic rings. The van der Waals surface area contributed by atoms with Crippen LogP contribution < -0.4 is 9.47 Å². The Hall–Kier alpha value is -2.18. The van der Waals surface area contributed by atoms with Crippen molar-refractivity contribution in [1.29, 1.82) is 0 Å². The fraction of sp³-hybridized carbons (Fsp3) is 0.286. The zero-order valence-corrected chi connectivity index (χ0v) is 11.2. The Morgan fingerprint density at radius 2 is 1.70 bits per heavy atom. The molecule has 0 radical (unpaired) electrons. The van der Waals surface area contributed by atoms with Crippen molar-refractivity contribution in [2.24, 2.45) is 0 Å². The van der Waals surface area contributed by atoms with Gasteiger partial charge in [0, 0.05) is 0 Å². The number of hydrogen-bond acceptors (Lipinski definition) is 6. The van der Waals surface area contributed by atoms with Crippen molar-refractivity contribution in [1.82, 2.24) is 9.97 Å². The summed E-state index contributed by atoms with van der Waals surface area (Å²) in [7, 11) is 2.87. The number of aromatic nitrogens is 2. The molecule has 1 aromatic carbocycles. The number of methoxy groups -OCH3 is 2. The second-order valence-electron chi connectivity index (χ2n) is 4.11. The summed E-state index contributed by atoms with van der Waals surface area (Å²) in [5.74, 6) is 0.388. The molecule has 2 atom stereocenters. The van der Waals surface area contributed by atoms with Crippen LogP contribution in [0.1, 0.15) is 23.5 Å². The molecule has 2 rings (SSSR count). The van der Waals surface area contributed by atoms with Gasteiger partial charge in [0.15, 0.2) is 0 Å². The van der Waals surface area contributed by atoms with E-state index < -0.39 is 12.2 Å². The molecule has 1 aromatic heterocycles. The van der Waals surface area contributed by atoms with E-state index in [0.29, 0.717) is 5.56 Å². The molecule has 2 unspecified atom stereocenters. The normalized spacial score (nSPS) is 13.6. The van der Waals surface area contributed by atoms with Crippen LogP contribution in [0.4, 0.5) is 0 Å². The second kappa shape index (κ2) is 6.31. The van der Waals surface area contributed by atoms with Gasteiger partial charge in [-0.3, -0.25) is 0 Å². The van der Waals surface area contributed by atoms with E-state index in [1.165, 1.54) is 20.4 Å². The minimum Gasteiger partial charge on any atom is -0.480 e. The predicted octanol–water partition coefficient (Wildman–Crippen LogP) is 1.26. The molecule has 106 valence electrons. The zero-order valence-electron chi connectivity index (χ0n) is 11.2. The Morgan fingerprint density at radius 3 is 2.30 bits per heavy atom. The maximum Gasteiger partial charge on any atom is 0.241 e. The van der Waals surface area contributed by atoms with Crippen molar-refractivity contribution >= 4 is 0 Å². The minimum absolute atomic E-state index is 0.117. The number of hydrogen-bond donors (Lipinski definition) is 2. The van der Waals surface area contributed by atoms with E-state index in [2.05, 4.69) is 9.97 Å². The number of aliphatic hydroxyl groups is 2. The van der Waals surface area contributed by atoms with Gasteiger partial charge in [-0.2, -0.15) is 4.98 Å². The zero-order chi connectivity index (χ0) is 14.5. The fourth-order valence-electron chi connectivity index (χ4n) is 1.80. The van der Waals surface area contributed by atoms with Crippen LogP contribution in [0.5, 0.6) is 11.8 Å². The summed E-state index contributed by atoms with van der Waals surface area (Å²) in [6.07, 6.45) is -1.00. The molecule has 0 bridgehead atoms. The van der Waals surface area contributed by atoms with Crippen LogP contribution >= 0.6 is 0 Å². The predicted molar refractivity (Wildman–Crippen MR) is 71.5 cm³/mol. The lowest BCUT2D eigenvalue weighted by Crippen LogP contribution is -2.14. The van der Waals surface area contributed by atoms with Crippen molar-refractivity contribution in [3.05, 3.63) is 47.8 Å². The van der Waals surface area contributed by atoms with Gasteiger partial charge in [0.1, 0.15) is 17.9 Å². The first kappa shape index (κ1) is 14.2. The van der Waals surface area contributed by atoms with Gasteiger partial charge in [0.25, 0.3) is 0 Å². The topological polar surface area (TPSA) is 84.7 Å². The standard InChI is InChI=1S/C14H16N2O4/c1-19-10-8-15-11(14(16-10)20-2)13(18)12(17)9-6-4-3-5-7-9/h3-8,12-13,17-18H,1-2H3. The van der Waals surface area contributed by atoms with E-state index >= 15 is 0 Å². The second-order valence-corrected chi connectivity index (χ2v) is 4.11. The largest absolute Gasteiger partial charge is 0.480 e. The van der Waals surface area contributed by atoms with Gasteiger partial charge in [0.05, 0.1) is 20.4 Å². The number of ether oxygens (including phenoxy) is 2. The highest BCUT2D eigenvalue weighted by Crippen LogP contribution is 2.32. The molecular weight excluding hydrogens is 260 g/mol. The molecule has 0 aliphatic carbocycles. The van der Waals surface area contributed by atoms with Gasteiger partial charge in [-0.25, -0.2) is 4.98 Å². The van der Waals surface area contributed by atoms with Crippen molar-refractivity contribution in [2.75, 3.05) is 14.2 Å². The quantitative estimate of drug-likeness (QED) is 0.855. The van der Waals surface area contributed by atoms with Gasteiger partial charge in [-0.05, 0) is 5.56 Å². The van der Waals surface area contributed by atoms with Crippen LogP contribution in [0.15, 0.2) is 36.5 Å². The lowest BCUT2D eigenvalue weighted by atomic mass is 10.0. The van der Waals surface area contributed by atoms with E-state index in [1.807, 2.05) is 6.07 Å². The van der Waals surface area contributed by atoms with Gasteiger partial charge in [-0.1, -0.05) is 30.3 Å². The Labute approximate surface area is 116 Å². The maximum atomic E-state index is 10.2. The van der Waals surface area contributed by atoms with E-state index in [-0.39, 0.29) is 17.5 Å². The highest BCUT2D eigenvalue weighted by Gasteiger charge is 2.26. The summed E-state index contributed by atoms with van der Waals surface area (Å²) in [6, 6.07) is 8.83. The van der Waals surface area contributed by atoms with Crippen LogP contribution in [-0.4, -0.2) is 34.4 Å². The fourth-order valence-corrected chi connectivity index (χ4v) is 1.80. The van der Waals surface area contributed by atoms with E-state index in [9.17, 15) is 10.2 Å². The monoisotopic (exact) mass is 276 g/mol. The van der Waals surface area contributed by atoms with Crippen molar-refractivity contribution in [3.63, 3.8) is 0 Å². The molecule has 0 saturated carbocycles. The maximum absolute atomic E-state index is 10.2. The first-order valence-electron chi connectivity index (χ1n) is 6.03. The Bertz CT molecular complexity index is 562. The smallest absolute Gasteiger partial charge is 0.241 e. The average Bonchev–Trinajstić information content (AvgIpc) is 2.53. The SMILES string of the molecule is COc1cnc(C(O)C(O)c2ccccc2)c(OC)n1. The molecule has 0 amide bonds. The van der Waals surface area contributed by atoms with Crippen molar-refractivity contribution in [3.8, 4) is 11.8 Å². The van der Waals surface area contributed by atoms with Crippen molar-refractivity contribution < 1.29 is 19.7 Å². The van der Waals surface area contributed by atoms with Gasteiger partial charge < -0.3 is 19.7 Å². The summed E-state index contributed by atoms with van der Waals surface area (Å²) in [4.78, 5) is 8.07. The molecule has 20 heavy (non-hydrogen) atoms. The molecule has 6 heteroatoms. The molecule has 2 aromatic rings. The van der Waals surface area contributed by atoms with E-state index in [4.69, 9.17) is 9.47 Å².